The van der Waals surface area contributed by atoms with Gasteiger partial charge in [-0.2, -0.15) is 0 Å². The zero-order valence-electron chi connectivity index (χ0n) is 10.2. The van der Waals surface area contributed by atoms with Crippen LogP contribution in [0.5, 0.6) is 0 Å². The molecule has 112 valence electrons. The molecule has 0 aliphatic carbocycles. The minimum atomic E-state index is -3.95. The van der Waals surface area contributed by atoms with Crippen LogP contribution >= 0.6 is 50.7 Å². The van der Waals surface area contributed by atoms with Crippen molar-refractivity contribution in [3.63, 3.8) is 0 Å². The van der Waals surface area contributed by atoms with Gasteiger partial charge in [0.1, 0.15) is 4.90 Å². The lowest BCUT2D eigenvalue weighted by Crippen LogP contribution is -2.14. The Kier molecular flexibility index (Phi) is 4.95. The first kappa shape index (κ1) is 16.7. The van der Waals surface area contributed by atoms with Crippen LogP contribution in [-0.2, 0) is 10.0 Å². The van der Waals surface area contributed by atoms with Crippen LogP contribution < -0.4 is 10.5 Å². The number of anilines is 2. The number of sulfonamides is 1. The summed E-state index contributed by atoms with van der Waals surface area (Å²) >= 11 is 20.9. The van der Waals surface area contributed by atoms with Crippen LogP contribution in [-0.4, -0.2) is 8.42 Å². The molecule has 0 aliphatic heterocycles. The lowest BCUT2D eigenvalue weighted by Gasteiger charge is -2.12. The molecule has 0 bridgehead atoms. The maximum Gasteiger partial charge on any atom is 0.264 e. The van der Waals surface area contributed by atoms with E-state index in [1.165, 1.54) is 24.3 Å². The molecule has 0 amide bonds. The quantitative estimate of drug-likeness (QED) is 0.688. The molecule has 0 aliphatic rings. The van der Waals surface area contributed by atoms with Crippen molar-refractivity contribution in [2.75, 3.05) is 10.5 Å². The largest absolute Gasteiger partial charge is 0.399 e. The lowest BCUT2D eigenvalue weighted by molar-refractivity contribution is 0.601. The van der Waals surface area contributed by atoms with Gasteiger partial charge < -0.3 is 5.73 Å². The predicted octanol–water partition coefficient (Wildman–Crippen LogP) is 4.79. The third kappa shape index (κ3) is 3.76. The van der Waals surface area contributed by atoms with Crippen molar-refractivity contribution in [1.29, 1.82) is 0 Å². The van der Waals surface area contributed by atoms with Crippen molar-refractivity contribution in [3.05, 3.63) is 49.9 Å². The van der Waals surface area contributed by atoms with E-state index in [1.807, 2.05) is 0 Å². The Balaban J connectivity index is 2.46. The molecule has 4 nitrogen and oxygen atoms in total. The van der Waals surface area contributed by atoms with Gasteiger partial charge in [-0.3, -0.25) is 4.72 Å². The average molecular weight is 431 g/mol. The van der Waals surface area contributed by atoms with Crippen molar-refractivity contribution >= 4 is 72.1 Å². The molecule has 0 saturated heterocycles. The summed E-state index contributed by atoms with van der Waals surface area (Å²) in [6.45, 7) is 0. The SMILES string of the molecule is Nc1cc(Cl)c(S(=O)(=O)Nc2ccc(Cl)c(Br)c2)c(Cl)c1. The van der Waals surface area contributed by atoms with Gasteiger partial charge in [-0.15, -0.1) is 0 Å². The second kappa shape index (κ2) is 6.22. The molecule has 0 aromatic heterocycles. The van der Waals surface area contributed by atoms with Gasteiger partial charge in [0, 0.05) is 10.2 Å². The first-order chi connectivity index (χ1) is 9.70. The van der Waals surface area contributed by atoms with E-state index in [0.29, 0.717) is 15.2 Å². The molecular formula is C12H8BrCl3N2O2S. The minimum Gasteiger partial charge on any atom is -0.399 e. The monoisotopic (exact) mass is 428 g/mol. The van der Waals surface area contributed by atoms with Crippen LogP contribution in [0.15, 0.2) is 39.7 Å². The third-order valence-corrected chi connectivity index (χ3v) is 5.98. The van der Waals surface area contributed by atoms with Gasteiger partial charge >= 0.3 is 0 Å². The van der Waals surface area contributed by atoms with Crippen molar-refractivity contribution in [2.24, 2.45) is 0 Å². The van der Waals surface area contributed by atoms with Crippen molar-refractivity contribution in [1.82, 2.24) is 0 Å². The fourth-order valence-corrected chi connectivity index (χ4v) is 4.38. The standard InChI is InChI=1S/C12H8BrCl3N2O2S/c13-8-5-7(1-2-9(8)14)18-21(19,20)12-10(15)3-6(17)4-11(12)16/h1-5,18H,17H2. The zero-order chi connectivity index (χ0) is 15.8. The number of nitrogens with two attached hydrogens (primary N) is 1. The maximum absolute atomic E-state index is 12.4. The van der Waals surface area contributed by atoms with Gasteiger partial charge in [0.2, 0.25) is 0 Å². The molecule has 9 heteroatoms. The topological polar surface area (TPSA) is 72.2 Å². The van der Waals surface area contributed by atoms with Gasteiger partial charge in [0.15, 0.2) is 0 Å². The van der Waals surface area contributed by atoms with E-state index >= 15 is 0 Å². The summed E-state index contributed by atoms with van der Waals surface area (Å²) in [6, 6.07) is 7.23. The molecule has 2 rings (SSSR count). The van der Waals surface area contributed by atoms with E-state index in [9.17, 15) is 8.42 Å². The minimum absolute atomic E-state index is 0.0551. The van der Waals surface area contributed by atoms with Crippen LogP contribution in [0.2, 0.25) is 15.1 Å². The molecule has 2 aromatic carbocycles. The second-order valence-electron chi connectivity index (χ2n) is 4.05. The van der Waals surface area contributed by atoms with E-state index in [2.05, 4.69) is 20.7 Å². The summed E-state index contributed by atoms with van der Waals surface area (Å²) in [5.41, 5.74) is 6.15. The van der Waals surface area contributed by atoms with Crippen molar-refractivity contribution < 1.29 is 8.42 Å². The highest BCUT2D eigenvalue weighted by molar-refractivity contribution is 9.10. The summed E-state index contributed by atoms with van der Waals surface area (Å²) in [5.74, 6) is 0. The van der Waals surface area contributed by atoms with Gasteiger partial charge in [-0.25, -0.2) is 8.42 Å². The Bertz CT molecular complexity index is 789. The van der Waals surface area contributed by atoms with E-state index < -0.39 is 10.0 Å². The average Bonchev–Trinajstić information content (AvgIpc) is 2.31. The molecule has 2 aromatic rings. The van der Waals surface area contributed by atoms with Crippen LogP contribution in [0.25, 0.3) is 0 Å². The number of hydrogen-bond acceptors (Lipinski definition) is 3. The van der Waals surface area contributed by atoms with Gasteiger partial charge in [0.25, 0.3) is 10.0 Å². The second-order valence-corrected chi connectivity index (χ2v) is 7.74. The summed E-state index contributed by atoms with van der Waals surface area (Å²) in [4.78, 5) is -0.230. The van der Waals surface area contributed by atoms with E-state index in [4.69, 9.17) is 40.5 Å². The highest BCUT2D eigenvalue weighted by Gasteiger charge is 2.22. The van der Waals surface area contributed by atoms with Crippen LogP contribution in [0, 0.1) is 0 Å². The molecule has 0 unspecified atom stereocenters. The van der Waals surface area contributed by atoms with E-state index in [1.54, 1.807) is 6.07 Å². The van der Waals surface area contributed by atoms with Crippen LogP contribution in [0.4, 0.5) is 11.4 Å². The molecule has 21 heavy (non-hydrogen) atoms. The first-order valence-electron chi connectivity index (χ1n) is 5.43. The molecule has 3 N–H and O–H groups in total. The maximum atomic E-state index is 12.4. The predicted molar refractivity (Wildman–Crippen MR) is 90.8 cm³/mol. The summed E-state index contributed by atoms with van der Waals surface area (Å²) in [7, 11) is -3.95. The van der Waals surface area contributed by atoms with Crippen LogP contribution in [0.1, 0.15) is 0 Å². The lowest BCUT2D eigenvalue weighted by atomic mass is 10.3. The van der Waals surface area contributed by atoms with Gasteiger partial charge in [-0.1, -0.05) is 34.8 Å². The van der Waals surface area contributed by atoms with Crippen LogP contribution in [0.3, 0.4) is 0 Å². The molecule has 0 atom stereocenters. The van der Waals surface area contributed by atoms with E-state index in [0.717, 1.165) is 0 Å². The fraction of sp³-hybridized carbons (Fsp3) is 0. The summed E-state index contributed by atoms with van der Waals surface area (Å²) < 4.78 is 27.7. The number of hydrogen-bond donors (Lipinski definition) is 2. The van der Waals surface area contributed by atoms with Crippen molar-refractivity contribution in [2.45, 2.75) is 4.90 Å². The van der Waals surface area contributed by atoms with Crippen molar-refractivity contribution in [3.8, 4) is 0 Å². The normalized spacial score (nSPS) is 11.4. The molecule has 0 heterocycles. The highest BCUT2D eigenvalue weighted by atomic mass is 79.9. The fourth-order valence-electron chi connectivity index (χ4n) is 1.60. The molecule has 0 spiro atoms. The molecule has 0 saturated carbocycles. The molecule has 0 radical (unpaired) electrons. The summed E-state index contributed by atoms with van der Waals surface area (Å²) in [5, 5.41) is 0.350. The Morgan fingerprint density at radius 2 is 1.57 bits per heavy atom. The number of nitrogen functional groups attached to an aromatic ring is 1. The number of benzene rings is 2. The Labute approximate surface area is 145 Å². The number of rotatable bonds is 3. The number of nitrogens with one attached hydrogen (secondary N) is 1. The Hall–Kier alpha value is -0.660. The molecule has 0 fully saturated rings. The van der Waals surface area contributed by atoms with Gasteiger partial charge in [0.05, 0.1) is 20.8 Å². The number of halogens is 4. The smallest absolute Gasteiger partial charge is 0.264 e. The third-order valence-electron chi connectivity index (χ3n) is 2.46. The van der Waals surface area contributed by atoms with Gasteiger partial charge in [-0.05, 0) is 46.3 Å². The zero-order valence-corrected chi connectivity index (χ0v) is 14.9. The Morgan fingerprint density at radius 1 is 1.00 bits per heavy atom. The Morgan fingerprint density at radius 3 is 2.10 bits per heavy atom. The molecular weight excluding hydrogens is 422 g/mol. The summed E-state index contributed by atoms with van der Waals surface area (Å²) in [6.07, 6.45) is 0. The first-order valence-corrected chi connectivity index (χ1v) is 8.84. The van der Waals surface area contributed by atoms with E-state index in [-0.39, 0.29) is 20.6 Å². The highest BCUT2D eigenvalue weighted by Crippen LogP contribution is 2.34.